The van der Waals surface area contributed by atoms with E-state index in [-0.39, 0.29) is 23.0 Å². The fourth-order valence-corrected chi connectivity index (χ4v) is 4.62. The highest BCUT2D eigenvalue weighted by Crippen LogP contribution is 2.38. The highest BCUT2D eigenvalue weighted by atomic mass is 32.2. The van der Waals surface area contributed by atoms with Crippen LogP contribution in [0.15, 0.2) is 17.6 Å². The van der Waals surface area contributed by atoms with Gasteiger partial charge in [-0.1, -0.05) is 13.8 Å². The lowest BCUT2D eigenvalue weighted by Crippen LogP contribution is -2.29. The van der Waals surface area contributed by atoms with Crippen molar-refractivity contribution in [1.29, 1.82) is 0 Å². The van der Waals surface area contributed by atoms with E-state index in [9.17, 15) is 13.2 Å². The minimum absolute atomic E-state index is 0.0617. The first kappa shape index (κ1) is 13.6. The molecule has 0 aromatic carbocycles. The van der Waals surface area contributed by atoms with Crippen molar-refractivity contribution in [2.24, 2.45) is 5.41 Å². The van der Waals surface area contributed by atoms with E-state index in [1.165, 1.54) is 5.41 Å². The smallest absolute Gasteiger partial charge is 0.173 e. The van der Waals surface area contributed by atoms with E-state index < -0.39 is 9.84 Å². The number of hydrogen-bond donors (Lipinski definition) is 0. The van der Waals surface area contributed by atoms with E-state index in [1.54, 1.807) is 6.08 Å². The summed E-state index contributed by atoms with van der Waals surface area (Å²) in [5.74, 6) is 0.270. The molecule has 0 spiro atoms. The Morgan fingerprint density at radius 3 is 2.60 bits per heavy atom. The van der Waals surface area contributed by atoms with Crippen LogP contribution in [-0.4, -0.2) is 24.5 Å². The maximum absolute atomic E-state index is 12.3. The van der Waals surface area contributed by atoms with Crippen molar-refractivity contribution < 1.29 is 13.2 Å². The molecule has 2 aliphatic rings. The molecule has 1 unspecified atom stereocenters. The zero-order valence-electron chi connectivity index (χ0n) is 12.0. The number of carbonyl (C=O) groups excluding carboxylic acids is 1. The van der Waals surface area contributed by atoms with Crippen molar-refractivity contribution in [3.05, 3.63) is 34.5 Å². The standard InChI is InChI=1S/C15H19NO3S/c1-10-6-12-13(7-15(2,3)8-14(12)17)16(10)11-4-5-20(18,19)9-11/h4-6,11H,7-9H2,1-3H3. The summed E-state index contributed by atoms with van der Waals surface area (Å²) in [6, 6.07) is 1.73. The van der Waals surface area contributed by atoms with Gasteiger partial charge in [-0.15, -0.1) is 0 Å². The Morgan fingerprint density at radius 1 is 1.30 bits per heavy atom. The summed E-state index contributed by atoms with van der Waals surface area (Å²) in [6.45, 7) is 6.11. The number of carbonyl (C=O) groups is 1. The molecule has 5 heteroatoms. The lowest BCUT2D eigenvalue weighted by molar-refractivity contribution is 0.0910. The molecule has 0 saturated heterocycles. The Morgan fingerprint density at radius 2 is 2.00 bits per heavy atom. The molecule has 1 aliphatic carbocycles. The average molecular weight is 293 g/mol. The summed E-state index contributed by atoms with van der Waals surface area (Å²) in [4.78, 5) is 12.3. The van der Waals surface area contributed by atoms with Gasteiger partial charge in [0.1, 0.15) is 0 Å². The minimum Gasteiger partial charge on any atom is -0.340 e. The summed E-state index contributed by atoms with van der Waals surface area (Å²) in [7, 11) is -3.09. The van der Waals surface area contributed by atoms with Crippen molar-refractivity contribution >= 4 is 15.6 Å². The molecular weight excluding hydrogens is 274 g/mol. The molecule has 2 heterocycles. The van der Waals surface area contributed by atoms with Crippen molar-refractivity contribution in [2.75, 3.05) is 5.75 Å². The molecule has 0 saturated carbocycles. The van der Waals surface area contributed by atoms with Gasteiger partial charge in [-0.3, -0.25) is 4.79 Å². The zero-order valence-corrected chi connectivity index (χ0v) is 12.8. The molecule has 108 valence electrons. The third-order valence-corrected chi connectivity index (χ3v) is 5.54. The first-order chi connectivity index (χ1) is 9.19. The number of aromatic nitrogens is 1. The van der Waals surface area contributed by atoms with Crippen molar-refractivity contribution in [1.82, 2.24) is 4.57 Å². The molecule has 4 nitrogen and oxygen atoms in total. The molecule has 0 N–H and O–H groups in total. The monoisotopic (exact) mass is 293 g/mol. The largest absolute Gasteiger partial charge is 0.340 e. The molecule has 0 amide bonds. The normalized spacial score (nSPS) is 26.8. The third kappa shape index (κ3) is 2.14. The Balaban J connectivity index is 2.11. The van der Waals surface area contributed by atoms with Gasteiger partial charge in [-0.25, -0.2) is 8.42 Å². The van der Waals surface area contributed by atoms with E-state index in [0.717, 1.165) is 23.4 Å². The van der Waals surface area contributed by atoms with Crippen LogP contribution in [-0.2, 0) is 16.3 Å². The van der Waals surface area contributed by atoms with Crippen LogP contribution < -0.4 is 0 Å². The molecule has 1 aromatic heterocycles. The summed E-state index contributed by atoms with van der Waals surface area (Å²) in [5.41, 5.74) is 2.68. The fourth-order valence-electron chi connectivity index (χ4n) is 3.35. The number of sulfone groups is 1. The Hall–Kier alpha value is -1.36. The van der Waals surface area contributed by atoms with Crippen LogP contribution in [0.5, 0.6) is 0 Å². The quantitative estimate of drug-likeness (QED) is 0.799. The second-order valence-corrected chi connectivity index (χ2v) is 8.61. The highest BCUT2D eigenvalue weighted by Gasteiger charge is 2.36. The van der Waals surface area contributed by atoms with Gasteiger partial charge < -0.3 is 4.57 Å². The van der Waals surface area contributed by atoms with Crippen LogP contribution in [0.25, 0.3) is 0 Å². The zero-order chi connectivity index (χ0) is 14.7. The van der Waals surface area contributed by atoms with Crippen molar-refractivity contribution in [2.45, 2.75) is 39.7 Å². The number of hydrogen-bond acceptors (Lipinski definition) is 3. The topological polar surface area (TPSA) is 56.1 Å². The van der Waals surface area contributed by atoms with Gasteiger partial charge >= 0.3 is 0 Å². The van der Waals surface area contributed by atoms with E-state index in [2.05, 4.69) is 13.8 Å². The van der Waals surface area contributed by atoms with Gasteiger partial charge in [0.05, 0.1) is 11.8 Å². The fraction of sp³-hybridized carbons (Fsp3) is 0.533. The summed E-state index contributed by atoms with van der Waals surface area (Å²) < 4.78 is 25.3. The van der Waals surface area contributed by atoms with Crippen LogP contribution in [0.3, 0.4) is 0 Å². The summed E-state index contributed by atoms with van der Waals surface area (Å²) in [6.07, 6.45) is 3.10. The molecule has 0 fully saturated rings. The van der Waals surface area contributed by atoms with E-state index in [4.69, 9.17) is 0 Å². The second kappa shape index (κ2) is 4.07. The van der Waals surface area contributed by atoms with E-state index >= 15 is 0 Å². The van der Waals surface area contributed by atoms with Crippen molar-refractivity contribution in [3.8, 4) is 0 Å². The maximum atomic E-state index is 12.3. The number of aryl methyl sites for hydroxylation is 1. The number of Topliss-reactive ketones (excluding diaryl/α,β-unsaturated/α-hetero) is 1. The third-order valence-electron chi connectivity index (χ3n) is 4.16. The first-order valence-corrected chi connectivity index (χ1v) is 8.55. The van der Waals surface area contributed by atoms with E-state index in [0.29, 0.717) is 6.42 Å². The number of fused-ring (bicyclic) bond motifs is 1. The van der Waals surface area contributed by atoms with Gasteiger partial charge in [-0.05, 0) is 30.9 Å². The Bertz CT molecular complexity index is 723. The molecule has 0 bridgehead atoms. The Kier molecular flexibility index (Phi) is 2.77. The number of allylic oxidation sites excluding steroid dienone is 1. The molecule has 0 radical (unpaired) electrons. The molecule has 3 rings (SSSR count). The second-order valence-electron chi connectivity index (χ2n) is 6.68. The van der Waals surface area contributed by atoms with E-state index in [1.807, 2.05) is 17.6 Å². The molecule has 1 aromatic rings. The number of rotatable bonds is 1. The van der Waals surface area contributed by atoms with Gasteiger partial charge in [0, 0.05) is 28.8 Å². The predicted molar refractivity (Wildman–Crippen MR) is 77.6 cm³/mol. The lowest BCUT2D eigenvalue weighted by atomic mass is 9.76. The molecule has 1 atom stereocenters. The van der Waals surface area contributed by atoms with Crippen LogP contribution in [0, 0.1) is 12.3 Å². The summed E-state index contributed by atoms with van der Waals surface area (Å²) in [5, 5.41) is 1.29. The van der Waals surface area contributed by atoms with Gasteiger partial charge in [0.2, 0.25) is 0 Å². The van der Waals surface area contributed by atoms with Crippen molar-refractivity contribution in [3.63, 3.8) is 0 Å². The molecular formula is C15H19NO3S. The summed E-state index contributed by atoms with van der Waals surface area (Å²) >= 11 is 0. The minimum atomic E-state index is -3.09. The Labute approximate surface area is 119 Å². The average Bonchev–Trinajstić information content (AvgIpc) is 2.77. The lowest BCUT2D eigenvalue weighted by Gasteiger charge is -2.30. The maximum Gasteiger partial charge on any atom is 0.173 e. The van der Waals surface area contributed by atoms with Crippen LogP contribution in [0.4, 0.5) is 0 Å². The van der Waals surface area contributed by atoms with Gasteiger partial charge in [0.25, 0.3) is 0 Å². The number of nitrogens with zero attached hydrogens (tertiary/aromatic N) is 1. The first-order valence-electron chi connectivity index (χ1n) is 6.83. The SMILES string of the molecule is Cc1cc2c(n1C1C=CS(=O)(=O)C1)CC(C)(C)CC2=O. The van der Waals surface area contributed by atoms with Crippen LogP contribution in [0.2, 0.25) is 0 Å². The number of ketones is 1. The molecule has 1 aliphatic heterocycles. The van der Waals surface area contributed by atoms with Crippen LogP contribution in [0.1, 0.15) is 48.1 Å². The van der Waals surface area contributed by atoms with Gasteiger partial charge in [-0.2, -0.15) is 0 Å². The predicted octanol–water partition coefficient (Wildman–Crippen LogP) is 2.43. The molecule has 20 heavy (non-hydrogen) atoms. The van der Waals surface area contributed by atoms with Gasteiger partial charge in [0.15, 0.2) is 15.6 Å². The highest BCUT2D eigenvalue weighted by molar-refractivity contribution is 7.94. The van der Waals surface area contributed by atoms with Crippen LogP contribution >= 0.6 is 0 Å².